The molecule has 1 fully saturated rings. The van der Waals surface area contributed by atoms with Gasteiger partial charge < -0.3 is 19.5 Å². The van der Waals surface area contributed by atoms with Gasteiger partial charge >= 0.3 is 0 Å². The molecule has 2 aromatic rings. The molecule has 1 aliphatic rings. The van der Waals surface area contributed by atoms with E-state index in [1.807, 2.05) is 0 Å². The number of anilines is 2. The highest BCUT2D eigenvalue weighted by atomic mass is 32.2. The molecule has 10 heteroatoms. The van der Waals surface area contributed by atoms with Crippen LogP contribution in [0.2, 0.25) is 0 Å². The topological polar surface area (TPSA) is 103 Å². The summed E-state index contributed by atoms with van der Waals surface area (Å²) in [6.07, 6.45) is 1.48. The number of amides is 1. The minimum Gasteiger partial charge on any atom is -0.492 e. The molecule has 0 heterocycles. The number of carbonyl (C=O) groups excluding carboxylic acids is 1. The second kappa shape index (κ2) is 9.56. The summed E-state index contributed by atoms with van der Waals surface area (Å²) in [5.41, 5.74) is 0.0887. The molecule has 0 unspecified atom stereocenters. The van der Waals surface area contributed by atoms with Crippen molar-refractivity contribution < 1.29 is 31.8 Å². The van der Waals surface area contributed by atoms with E-state index in [9.17, 15) is 17.6 Å². The first-order chi connectivity index (χ1) is 15.5. The summed E-state index contributed by atoms with van der Waals surface area (Å²) in [5, 5.41) is 2.82. The molecule has 0 aliphatic heterocycles. The summed E-state index contributed by atoms with van der Waals surface area (Å²) in [4.78, 5) is 12.5. The van der Waals surface area contributed by atoms with E-state index in [4.69, 9.17) is 14.2 Å². The van der Waals surface area contributed by atoms with E-state index in [2.05, 4.69) is 10.0 Å². The van der Waals surface area contributed by atoms with Crippen molar-refractivity contribution >= 4 is 27.3 Å². The first-order valence-electron chi connectivity index (χ1n) is 10.6. The standard InChI is InChI=1S/C23H29FN2O6S/c1-5-31-19-14-16(25-21(27)23(11-12-23)15-30-4)9-10-20(19)33(28,29)26-17-7-6-8-18(13-17)32-22(2,3)24/h6-10,13-14,26H,5,11-12,15H2,1-4H3,(H,25,27). The van der Waals surface area contributed by atoms with Crippen LogP contribution in [0.5, 0.6) is 11.5 Å². The molecule has 0 atom stereocenters. The van der Waals surface area contributed by atoms with E-state index in [1.165, 1.54) is 50.2 Å². The number of sulfonamides is 1. The van der Waals surface area contributed by atoms with Crippen molar-refractivity contribution in [3.63, 3.8) is 0 Å². The van der Waals surface area contributed by atoms with Crippen LogP contribution in [-0.4, -0.2) is 40.5 Å². The van der Waals surface area contributed by atoms with Crippen LogP contribution >= 0.6 is 0 Å². The van der Waals surface area contributed by atoms with E-state index in [0.717, 1.165) is 12.8 Å². The fourth-order valence-electron chi connectivity index (χ4n) is 3.32. The zero-order chi connectivity index (χ0) is 24.3. The molecule has 1 aliphatic carbocycles. The number of nitrogens with one attached hydrogen (secondary N) is 2. The quantitative estimate of drug-likeness (QED) is 0.496. The molecule has 1 amide bonds. The lowest BCUT2D eigenvalue weighted by molar-refractivity contribution is -0.122. The van der Waals surface area contributed by atoms with E-state index in [1.54, 1.807) is 20.1 Å². The Labute approximate surface area is 193 Å². The molecule has 3 rings (SSSR count). The molecular formula is C23H29FN2O6S. The highest BCUT2D eigenvalue weighted by Crippen LogP contribution is 2.46. The number of alkyl halides is 1. The number of carbonyl (C=O) groups is 1. The Morgan fingerprint density at radius 3 is 2.48 bits per heavy atom. The number of halogens is 1. The molecule has 33 heavy (non-hydrogen) atoms. The molecule has 180 valence electrons. The summed E-state index contributed by atoms with van der Waals surface area (Å²) < 4.78 is 58.2. The fraction of sp³-hybridized carbons (Fsp3) is 0.435. The number of hydrogen-bond acceptors (Lipinski definition) is 6. The average molecular weight is 481 g/mol. The lowest BCUT2D eigenvalue weighted by Crippen LogP contribution is -2.28. The molecule has 0 bridgehead atoms. The minimum absolute atomic E-state index is 0.0942. The molecule has 0 aromatic heterocycles. The zero-order valence-electron chi connectivity index (χ0n) is 19.1. The van der Waals surface area contributed by atoms with Gasteiger partial charge in [-0.05, 0) is 44.0 Å². The molecule has 1 saturated carbocycles. The second-order valence-electron chi connectivity index (χ2n) is 8.36. The Hall–Kier alpha value is -2.85. The molecule has 0 saturated heterocycles. The maximum atomic E-state index is 13.8. The van der Waals surface area contributed by atoms with Crippen LogP contribution in [0.3, 0.4) is 0 Å². The Balaban J connectivity index is 1.82. The van der Waals surface area contributed by atoms with E-state index in [-0.39, 0.29) is 34.6 Å². The van der Waals surface area contributed by atoms with Crippen molar-refractivity contribution in [1.29, 1.82) is 0 Å². The summed E-state index contributed by atoms with van der Waals surface area (Å²) in [6.45, 7) is 4.78. The Morgan fingerprint density at radius 2 is 1.88 bits per heavy atom. The van der Waals surface area contributed by atoms with Gasteiger partial charge in [-0.2, -0.15) is 4.39 Å². The largest absolute Gasteiger partial charge is 0.492 e. The van der Waals surface area contributed by atoms with Crippen molar-refractivity contribution in [3.8, 4) is 11.5 Å². The van der Waals surface area contributed by atoms with Gasteiger partial charge in [0.2, 0.25) is 11.8 Å². The molecule has 2 N–H and O–H groups in total. The third-order valence-corrected chi connectivity index (χ3v) is 6.41. The van der Waals surface area contributed by atoms with Gasteiger partial charge in [0.05, 0.1) is 24.3 Å². The van der Waals surface area contributed by atoms with Gasteiger partial charge in [-0.3, -0.25) is 9.52 Å². The van der Waals surface area contributed by atoms with Crippen LogP contribution in [0, 0.1) is 5.41 Å². The normalized spacial score (nSPS) is 14.9. The van der Waals surface area contributed by atoms with E-state index < -0.39 is 21.3 Å². The maximum absolute atomic E-state index is 13.8. The average Bonchev–Trinajstić information content (AvgIpc) is 3.48. The summed E-state index contributed by atoms with van der Waals surface area (Å²) in [5.74, 6) is -1.82. The monoisotopic (exact) mass is 480 g/mol. The number of methoxy groups -OCH3 is 1. The third-order valence-electron chi connectivity index (χ3n) is 4.99. The first kappa shape index (κ1) is 24.8. The summed E-state index contributed by atoms with van der Waals surface area (Å²) in [7, 11) is -2.50. The first-order valence-corrected chi connectivity index (χ1v) is 12.0. The van der Waals surface area contributed by atoms with Crippen LogP contribution in [0.25, 0.3) is 0 Å². The SMILES string of the molecule is CCOc1cc(NC(=O)C2(COC)CC2)ccc1S(=O)(=O)Nc1cccc(OC(C)(C)F)c1. The number of rotatable bonds is 11. The van der Waals surface area contributed by atoms with Crippen LogP contribution in [0.1, 0.15) is 33.6 Å². The molecule has 2 aromatic carbocycles. The Bertz CT molecular complexity index is 1110. The van der Waals surface area contributed by atoms with E-state index in [0.29, 0.717) is 12.3 Å². The molecular weight excluding hydrogens is 451 g/mol. The molecule has 0 spiro atoms. The molecule has 0 radical (unpaired) electrons. The molecule has 8 nitrogen and oxygen atoms in total. The summed E-state index contributed by atoms with van der Waals surface area (Å²) in [6, 6.07) is 10.3. The Morgan fingerprint density at radius 1 is 1.15 bits per heavy atom. The van der Waals surface area contributed by atoms with Gasteiger partial charge in [-0.1, -0.05) is 6.07 Å². The minimum atomic E-state index is -4.05. The fourth-order valence-corrected chi connectivity index (χ4v) is 4.49. The van der Waals surface area contributed by atoms with Gasteiger partial charge in [0.25, 0.3) is 10.0 Å². The van der Waals surface area contributed by atoms with Crippen molar-refractivity contribution in [2.75, 3.05) is 30.4 Å². The van der Waals surface area contributed by atoms with Gasteiger partial charge in [0.15, 0.2) is 0 Å². The Kier molecular flexibility index (Phi) is 7.18. The van der Waals surface area contributed by atoms with Crippen molar-refractivity contribution in [3.05, 3.63) is 42.5 Å². The van der Waals surface area contributed by atoms with Crippen LogP contribution in [0.15, 0.2) is 47.4 Å². The zero-order valence-corrected chi connectivity index (χ0v) is 19.9. The van der Waals surface area contributed by atoms with Gasteiger partial charge in [-0.25, -0.2) is 8.42 Å². The third kappa shape index (κ3) is 6.35. The maximum Gasteiger partial charge on any atom is 0.265 e. The van der Waals surface area contributed by atoms with Crippen LogP contribution in [0.4, 0.5) is 15.8 Å². The smallest absolute Gasteiger partial charge is 0.265 e. The highest BCUT2D eigenvalue weighted by Gasteiger charge is 2.50. The van der Waals surface area contributed by atoms with Crippen molar-refractivity contribution in [2.24, 2.45) is 5.41 Å². The van der Waals surface area contributed by atoms with Crippen LogP contribution < -0.4 is 19.5 Å². The number of ether oxygens (including phenoxy) is 3. The van der Waals surface area contributed by atoms with E-state index >= 15 is 0 Å². The number of hydrogen-bond donors (Lipinski definition) is 2. The van der Waals surface area contributed by atoms with Crippen LogP contribution in [-0.2, 0) is 19.6 Å². The van der Waals surface area contributed by atoms with Crippen molar-refractivity contribution in [2.45, 2.75) is 44.4 Å². The highest BCUT2D eigenvalue weighted by molar-refractivity contribution is 7.92. The number of benzene rings is 2. The van der Waals surface area contributed by atoms with Crippen molar-refractivity contribution in [1.82, 2.24) is 0 Å². The lowest BCUT2D eigenvalue weighted by atomic mass is 10.1. The predicted octanol–water partition coefficient (Wildman–Crippen LogP) is 4.34. The second-order valence-corrected chi connectivity index (χ2v) is 10.0. The van der Waals surface area contributed by atoms with Gasteiger partial charge in [0.1, 0.15) is 16.4 Å². The van der Waals surface area contributed by atoms with Gasteiger partial charge in [0, 0.05) is 38.8 Å². The summed E-state index contributed by atoms with van der Waals surface area (Å²) >= 11 is 0. The predicted molar refractivity (Wildman–Crippen MR) is 123 cm³/mol. The van der Waals surface area contributed by atoms with Gasteiger partial charge in [-0.15, -0.1) is 0 Å². The lowest BCUT2D eigenvalue weighted by Gasteiger charge is -2.18.